The van der Waals surface area contributed by atoms with Crippen molar-refractivity contribution in [3.05, 3.63) is 77.7 Å². The van der Waals surface area contributed by atoms with Crippen molar-refractivity contribution in [2.24, 2.45) is 13.0 Å². The molecule has 0 bridgehead atoms. The van der Waals surface area contributed by atoms with Crippen LogP contribution in [0.1, 0.15) is 51.6 Å². The normalized spacial score (nSPS) is 12.4. The molecule has 4 heteroatoms. The third kappa shape index (κ3) is 3.71. The van der Waals surface area contributed by atoms with Crippen LogP contribution in [0, 0.1) is 12.8 Å². The lowest BCUT2D eigenvalue weighted by atomic mass is 9.87. The Morgan fingerprint density at radius 2 is 1.68 bits per heavy atom. The summed E-state index contributed by atoms with van der Waals surface area (Å²) in [6.45, 7) is 13.3. The highest BCUT2D eigenvalue weighted by molar-refractivity contribution is 5.92. The van der Waals surface area contributed by atoms with E-state index >= 15 is 0 Å². The summed E-state index contributed by atoms with van der Waals surface area (Å²) in [4.78, 5) is 4.99. The quantitative estimate of drug-likeness (QED) is 0.273. The number of fused-ring (bicyclic) bond motifs is 2. The third-order valence-electron chi connectivity index (χ3n) is 6.63. The Balaban J connectivity index is 1.82. The van der Waals surface area contributed by atoms with Crippen LogP contribution in [-0.4, -0.2) is 9.55 Å². The van der Waals surface area contributed by atoms with Crippen molar-refractivity contribution in [2.45, 2.75) is 53.4 Å². The number of aryl methyl sites for hydroxylation is 2. The zero-order chi connectivity index (χ0) is 24.2. The number of oxazole rings is 1. The van der Waals surface area contributed by atoms with Gasteiger partial charge in [0.1, 0.15) is 11.2 Å². The Bertz CT molecular complexity index is 1490. The van der Waals surface area contributed by atoms with Gasteiger partial charge in [-0.05, 0) is 59.7 Å². The van der Waals surface area contributed by atoms with Crippen LogP contribution < -0.4 is 4.57 Å². The van der Waals surface area contributed by atoms with E-state index in [4.69, 9.17) is 9.40 Å². The number of aromatic nitrogens is 3. The van der Waals surface area contributed by atoms with E-state index in [1.165, 1.54) is 22.2 Å². The average molecular weight is 453 g/mol. The molecule has 0 atom stereocenters. The summed E-state index contributed by atoms with van der Waals surface area (Å²) in [7, 11) is 2.14. The largest absolute Gasteiger partial charge is 0.441 e. The number of para-hydroxylation sites is 2. The molecule has 5 aromatic rings. The lowest BCUT2D eigenvalue weighted by molar-refractivity contribution is -0.633. The molecule has 5 rings (SSSR count). The molecule has 0 spiro atoms. The van der Waals surface area contributed by atoms with Crippen molar-refractivity contribution < 1.29 is 8.98 Å². The molecular weight excluding hydrogens is 418 g/mol. The van der Waals surface area contributed by atoms with Gasteiger partial charge in [0.05, 0.1) is 12.6 Å². The van der Waals surface area contributed by atoms with Crippen LogP contribution in [0.2, 0.25) is 0 Å². The number of benzene rings is 3. The monoisotopic (exact) mass is 452 g/mol. The lowest BCUT2D eigenvalue weighted by Crippen LogP contribution is -2.30. The highest BCUT2D eigenvalue weighted by Crippen LogP contribution is 2.35. The predicted molar refractivity (Wildman–Crippen MR) is 139 cm³/mol. The molecule has 34 heavy (non-hydrogen) atoms. The first-order chi connectivity index (χ1) is 16.1. The van der Waals surface area contributed by atoms with Crippen LogP contribution in [0.25, 0.3) is 39.2 Å². The van der Waals surface area contributed by atoms with E-state index in [0.717, 1.165) is 40.5 Å². The molecule has 0 unspecified atom stereocenters. The molecular formula is C30H34N3O+. The minimum atomic E-state index is 0.112. The second-order valence-electron chi connectivity index (χ2n) is 10.8. The smallest absolute Gasteiger partial charge is 0.297 e. The van der Waals surface area contributed by atoms with Crippen LogP contribution >= 0.6 is 0 Å². The minimum absolute atomic E-state index is 0.112. The SMILES string of the molecule is Cc1ccc2oc(CC(C)C)nc2c1-c1n(-c2ccc(C(C)(C)C)cc2)c2ccccc2[n+]1C. The molecule has 0 aliphatic heterocycles. The zero-order valence-electron chi connectivity index (χ0n) is 21.3. The first-order valence-electron chi connectivity index (χ1n) is 12.1. The standard InChI is InChI=1S/C30H34N3O/c1-19(2)18-26-31-28-25(34-26)17-12-20(3)27(28)29-32(7)23-10-8-9-11-24(23)33(29)22-15-13-21(14-16-22)30(4,5)6/h8-17,19H,18H2,1-7H3/q+1. The fourth-order valence-corrected chi connectivity index (χ4v) is 4.83. The number of nitrogens with zero attached hydrogens (tertiary/aromatic N) is 3. The molecule has 0 N–H and O–H groups in total. The number of hydrogen-bond acceptors (Lipinski definition) is 2. The Kier molecular flexibility index (Phi) is 5.35. The van der Waals surface area contributed by atoms with Crippen LogP contribution in [-0.2, 0) is 18.9 Å². The number of hydrogen-bond donors (Lipinski definition) is 0. The van der Waals surface area contributed by atoms with Crippen LogP contribution in [0.3, 0.4) is 0 Å². The van der Waals surface area contributed by atoms with Gasteiger partial charge in [-0.15, -0.1) is 0 Å². The molecule has 4 nitrogen and oxygen atoms in total. The maximum atomic E-state index is 6.18. The summed E-state index contributed by atoms with van der Waals surface area (Å²) in [5.41, 5.74) is 9.01. The van der Waals surface area contributed by atoms with E-state index in [1.807, 2.05) is 0 Å². The molecule has 0 aliphatic carbocycles. The van der Waals surface area contributed by atoms with Crippen molar-refractivity contribution >= 4 is 22.1 Å². The average Bonchev–Trinajstić information content (AvgIpc) is 3.31. The van der Waals surface area contributed by atoms with Gasteiger partial charge >= 0.3 is 0 Å². The van der Waals surface area contributed by atoms with E-state index < -0.39 is 0 Å². The van der Waals surface area contributed by atoms with Gasteiger partial charge in [0.15, 0.2) is 22.5 Å². The van der Waals surface area contributed by atoms with Gasteiger partial charge in [-0.3, -0.25) is 0 Å². The first-order valence-corrected chi connectivity index (χ1v) is 12.1. The van der Waals surface area contributed by atoms with E-state index in [9.17, 15) is 0 Å². The molecule has 2 heterocycles. The zero-order valence-corrected chi connectivity index (χ0v) is 21.3. The van der Waals surface area contributed by atoms with Gasteiger partial charge < -0.3 is 4.42 Å². The van der Waals surface area contributed by atoms with Crippen molar-refractivity contribution in [1.82, 2.24) is 9.55 Å². The van der Waals surface area contributed by atoms with Crippen molar-refractivity contribution in [3.63, 3.8) is 0 Å². The van der Waals surface area contributed by atoms with Crippen molar-refractivity contribution in [3.8, 4) is 17.1 Å². The minimum Gasteiger partial charge on any atom is -0.441 e. The fraction of sp³-hybridized carbons (Fsp3) is 0.333. The Labute approximate surface area is 201 Å². The summed E-state index contributed by atoms with van der Waals surface area (Å²) in [6, 6.07) is 21.7. The van der Waals surface area contributed by atoms with Gasteiger partial charge in [0, 0.05) is 6.42 Å². The second-order valence-corrected chi connectivity index (χ2v) is 10.8. The Morgan fingerprint density at radius 1 is 0.971 bits per heavy atom. The molecule has 0 saturated carbocycles. The van der Waals surface area contributed by atoms with Gasteiger partial charge in [0.2, 0.25) is 0 Å². The Morgan fingerprint density at radius 3 is 2.35 bits per heavy atom. The highest BCUT2D eigenvalue weighted by Gasteiger charge is 2.30. The maximum Gasteiger partial charge on any atom is 0.297 e. The van der Waals surface area contributed by atoms with E-state index in [-0.39, 0.29) is 5.41 Å². The maximum absolute atomic E-state index is 6.18. The number of imidazole rings is 1. The predicted octanol–water partition coefficient (Wildman–Crippen LogP) is 7.07. The molecule has 0 amide bonds. The summed E-state index contributed by atoms with van der Waals surface area (Å²) < 4.78 is 10.8. The van der Waals surface area contributed by atoms with E-state index in [1.54, 1.807) is 0 Å². The van der Waals surface area contributed by atoms with Gasteiger partial charge in [-0.1, -0.05) is 65.0 Å². The van der Waals surface area contributed by atoms with Gasteiger partial charge in [0.25, 0.3) is 5.82 Å². The molecule has 0 saturated heterocycles. The Hall–Kier alpha value is -3.40. The van der Waals surface area contributed by atoms with Crippen molar-refractivity contribution in [1.29, 1.82) is 0 Å². The molecule has 174 valence electrons. The van der Waals surface area contributed by atoms with Crippen LogP contribution in [0.4, 0.5) is 0 Å². The lowest BCUT2D eigenvalue weighted by Gasteiger charge is -2.18. The van der Waals surface area contributed by atoms with E-state index in [0.29, 0.717) is 5.92 Å². The second kappa shape index (κ2) is 8.12. The van der Waals surface area contributed by atoms with Crippen LogP contribution in [0.15, 0.2) is 65.1 Å². The van der Waals surface area contributed by atoms with Crippen molar-refractivity contribution in [2.75, 3.05) is 0 Å². The fourth-order valence-electron chi connectivity index (χ4n) is 4.83. The first kappa shape index (κ1) is 22.4. The summed E-state index contributed by atoms with van der Waals surface area (Å²) in [6.07, 6.45) is 0.830. The molecule has 0 aliphatic rings. The molecule has 0 radical (unpaired) electrons. The van der Waals surface area contributed by atoms with Gasteiger partial charge in [-0.2, -0.15) is 4.57 Å². The highest BCUT2D eigenvalue weighted by atomic mass is 16.3. The van der Waals surface area contributed by atoms with Gasteiger partial charge in [-0.25, -0.2) is 9.55 Å². The summed E-state index contributed by atoms with van der Waals surface area (Å²) in [5.74, 6) is 2.40. The molecule has 2 aromatic heterocycles. The van der Waals surface area contributed by atoms with E-state index in [2.05, 4.69) is 118 Å². The number of rotatable bonds is 4. The summed E-state index contributed by atoms with van der Waals surface area (Å²) >= 11 is 0. The topological polar surface area (TPSA) is 34.8 Å². The van der Waals surface area contributed by atoms with Crippen LogP contribution in [0.5, 0.6) is 0 Å². The third-order valence-corrected chi connectivity index (χ3v) is 6.63. The molecule has 0 fully saturated rings. The summed E-state index contributed by atoms with van der Waals surface area (Å²) in [5, 5.41) is 0. The molecule has 3 aromatic carbocycles.